The van der Waals surface area contributed by atoms with Crippen molar-refractivity contribution in [3.8, 4) is 11.1 Å². The fraction of sp³-hybridized carbons (Fsp3) is 0.143. The van der Waals surface area contributed by atoms with Gasteiger partial charge in [-0.3, -0.25) is 0 Å². The van der Waals surface area contributed by atoms with Gasteiger partial charge in [-0.2, -0.15) is 8.42 Å². The molecule has 0 aliphatic heterocycles. The number of benzene rings is 2. The molecule has 4 heteroatoms. The molecule has 0 bridgehead atoms. The Kier molecular flexibility index (Phi) is 3.77. The summed E-state index contributed by atoms with van der Waals surface area (Å²) in [5, 5.41) is 0. The topological polar surface area (TPSA) is 34.1 Å². The summed E-state index contributed by atoms with van der Waals surface area (Å²) in [6.45, 7) is 0. The van der Waals surface area contributed by atoms with Crippen molar-refractivity contribution in [2.45, 2.75) is 6.42 Å². The minimum absolute atomic E-state index is 0.184. The zero-order chi connectivity index (χ0) is 13.0. The molecule has 0 spiro atoms. The molecule has 0 aliphatic carbocycles. The zero-order valence-electron chi connectivity index (χ0n) is 9.71. The lowest BCUT2D eigenvalue weighted by molar-refractivity contribution is 0.551. The predicted octanol–water partition coefficient (Wildman–Crippen LogP) is 3.20. The Labute approximate surface area is 106 Å². The van der Waals surface area contributed by atoms with E-state index < -0.39 is 16.0 Å². The molecule has 0 saturated heterocycles. The molecule has 2 aromatic rings. The van der Waals surface area contributed by atoms with Crippen LogP contribution in [0.4, 0.5) is 3.89 Å². The Bertz CT molecular complexity index is 621. The molecule has 0 heterocycles. The first kappa shape index (κ1) is 12.8. The Balaban J connectivity index is 2.32. The van der Waals surface area contributed by atoms with Crippen molar-refractivity contribution in [1.82, 2.24) is 0 Å². The van der Waals surface area contributed by atoms with Crippen LogP contribution in [-0.2, 0) is 16.6 Å². The molecular weight excluding hydrogens is 251 g/mol. The summed E-state index contributed by atoms with van der Waals surface area (Å²) in [6, 6.07) is 17.1. The van der Waals surface area contributed by atoms with E-state index in [1.54, 1.807) is 0 Å². The average molecular weight is 264 g/mol. The molecule has 0 amide bonds. The third-order valence-electron chi connectivity index (χ3n) is 2.72. The number of aryl methyl sites for hydroxylation is 1. The third-order valence-corrected chi connectivity index (χ3v) is 3.41. The smallest absolute Gasteiger partial charge is 0.195 e. The van der Waals surface area contributed by atoms with Crippen molar-refractivity contribution in [2.24, 2.45) is 0 Å². The molecule has 0 radical (unpaired) electrons. The van der Waals surface area contributed by atoms with Crippen LogP contribution < -0.4 is 0 Å². The summed E-state index contributed by atoms with van der Waals surface area (Å²) < 4.78 is 33.8. The first-order valence-electron chi connectivity index (χ1n) is 5.62. The van der Waals surface area contributed by atoms with E-state index in [0.29, 0.717) is 0 Å². The highest BCUT2D eigenvalue weighted by Crippen LogP contribution is 2.24. The van der Waals surface area contributed by atoms with Gasteiger partial charge in [0, 0.05) is 0 Å². The van der Waals surface area contributed by atoms with Gasteiger partial charge in [-0.25, -0.2) is 0 Å². The molecule has 2 rings (SSSR count). The fourth-order valence-electron chi connectivity index (χ4n) is 1.87. The van der Waals surface area contributed by atoms with Crippen LogP contribution in [-0.4, -0.2) is 14.2 Å². The molecule has 2 aromatic carbocycles. The van der Waals surface area contributed by atoms with Crippen LogP contribution in [0.15, 0.2) is 54.6 Å². The van der Waals surface area contributed by atoms with E-state index in [1.807, 2.05) is 54.6 Å². The van der Waals surface area contributed by atoms with Crippen LogP contribution in [0.2, 0.25) is 0 Å². The number of hydrogen-bond acceptors (Lipinski definition) is 2. The van der Waals surface area contributed by atoms with E-state index in [9.17, 15) is 12.3 Å². The van der Waals surface area contributed by atoms with E-state index in [2.05, 4.69) is 0 Å². The summed E-state index contributed by atoms with van der Waals surface area (Å²) in [4.78, 5) is 0. The Morgan fingerprint density at radius 1 is 0.889 bits per heavy atom. The Hall–Kier alpha value is -1.68. The monoisotopic (exact) mass is 264 g/mol. The van der Waals surface area contributed by atoms with Crippen LogP contribution in [0, 0.1) is 0 Å². The molecule has 0 fully saturated rings. The van der Waals surface area contributed by atoms with Crippen LogP contribution in [0.5, 0.6) is 0 Å². The van der Waals surface area contributed by atoms with E-state index in [1.165, 1.54) is 0 Å². The highest BCUT2D eigenvalue weighted by atomic mass is 32.3. The molecule has 0 N–H and O–H groups in total. The lowest BCUT2D eigenvalue weighted by Crippen LogP contribution is -2.03. The van der Waals surface area contributed by atoms with Gasteiger partial charge < -0.3 is 0 Å². The molecule has 0 saturated carbocycles. The van der Waals surface area contributed by atoms with Gasteiger partial charge in [-0.1, -0.05) is 54.6 Å². The van der Waals surface area contributed by atoms with Gasteiger partial charge in [0.2, 0.25) is 0 Å². The van der Waals surface area contributed by atoms with Gasteiger partial charge in [-0.05, 0) is 23.1 Å². The van der Waals surface area contributed by atoms with Crippen molar-refractivity contribution < 1.29 is 12.3 Å². The molecule has 2 nitrogen and oxygen atoms in total. The minimum atomic E-state index is -4.42. The van der Waals surface area contributed by atoms with Gasteiger partial charge in [0.1, 0.15) is 0 Å². The predicted molar refractivity (Wildman–Crippen MR) is 70.5 cm³/mol. The molecule has 94 valence electrons. The van der Waals surface area contributed by atoms with Crippen LogP contribution >= 0.6 is 0 Å². The first-order chi connectivity index (χ1) is 8.56. The number of rotatable bonds is 4. The van der Waals surface area contributed by atoms with Gasteiger partial charge in [0.25, 0.3) is 0 Å². The summed E-state index contributed by atoms with van der Waals surface area (Å²) >= 11 is 0. The fourth-order valence-corrected chi connectivity index (χ4v) is 2.33. The van der Waals surface area contributed by atoms with E-state index in [4.69, 9.17) is 0 Å². The minimum Gasteiger partial charge on any atom is -0.195 e. The SMILES string of the molecule is O=S(=O)(F)CCc1ccccc1-c1ccccc1. The highest BCUT2D eigenvalue weighted by molar-refractivity contribution is 7.86. The second-order valence-electron chi connectivity index (χ2n) is 4.02. The van der Waals surface area contributed by atoms with Crippen molar-refractivity contribution >= 4 is 10.2 Å². The molecular formula is C14H13FO2S. The summed E-state index contributed by atoms with van der Waals surface area (Å²) in [7, 11) is -4.42. The highest BCUT2D eigenvalue weighted by Gasteiger charge is 2.10. The van der Waals surface area contributed by atoms with Gasteiger partial charge in [-0.15, -0.1) is 3.89 Å². The molecule has 0 atom stereocenters. The molecule has 0 aromatic heterocycles. The van der Waals surface area contributed by atoms with Gasteiger partial charge in [0.15, 0.2) is 0 Å². The van der Waals surface area contributed by atoms with Crippen molar-refractivity contribution in [3.63, 3.8) is 0 Å². The molecule has 0 unspecified atom stereocenters. The Morgan fingerprint density at radius 2 is 1.50 bits per heavy atom. The van der Waals surface area contributed by atoms with Crippen molar-refractivity contribution in [2.75, 3.05) is 5.75 Å². The van der Waals surface area contributed by atoms with E-state index >= 15 is 0 Å². The maximum atomic E-state index is 12.6. The van der Waals surface area contributed by atoms with E-state index in [0.717, 1.165) is 16.7 Å². The third kappa shape index (κ3) is 3.40. The van der Waals surface area contributed by atoms with Gasteiger partial charge >= 0.3 is 10.2 Å². The van der Waals surface area contributed by atoms with Crippen LogP contribution in [0.3, 0.4) is 0 Å². The lowest BCUT2D eigenvalue weighted by atomic mass is 9.98. The molecule has 18 heavy (non-hydrogen) atoms. The van der Waals surface area contributed by atoms with Crippen LogP contribution in [0.1, 0.15) is 5.56 Å². The molecule has 0 aliphatic rings. The summed E-state index contributed by atoms with van der Waals surface area (Å²) in [5.74, 6) is -0.475. The van der Waals surface area contributed by atoms with Crippen molar-refractivity contribution in [1.29, 1.82) is 0 Å². The maximum absolute atomic E-state index is 12.6. The lowest BCUT2D eigenvalue weighted by Gasteiger charge is -2.08. The van der Waals surface area contributed by atoms with Crippen molar-refractivity contribution in [3.05, 3.63) is 60.2 Å². The quantitative estimate of drug-likeness (QED) is 0.795. The average Bonchev–Trinajstić information content (AvgIpc) is 2.37. The zero-order valence-corrected chi connectivity index (χ0v) is 10.5. The van der Waals surface area contributed by atoms with E-state index in [-0.39, 0.29) is 6.42 Å². The van der Waals surface area contributed by atoms with Gasteiger partial charge in [0.05, 0.1) is 5.75 Å². The largest absolute Gasteiger partial charge is 0.302 e. The Morgan fingerprint density at radius 3 is 2.17 bits per heavy atom. The second-order valence-corrected chi connectivity index (χ2v) is 5.50. The maximum Gasteiger partial charge on any atom is 0.302 e. The first-order valence-corrected chi connectivity index (χ1v) is 7.17. The number of halogens is 1. The second kappa shape index (κ2) is 5.31. The van der Waals surface area contributed by atoms with Crippen LogP contribution in [0.25, 0.3) is 11.1 Å². The summed E-state index contributed by atoms with van der Waals surface area (Å²) in [5.41, 5.74) is 2.79. The normalized spacial score (nSPS) is 11.4. The summed E-state index contributed by atoms with van der Waals surface area (Å²) in [6.07, 6.45) is 0.184. The standard InChI is InChI=1S/C14H13FO2S/c15-18(16,17)11-10-13-8-4-5-9-14(13)12-6-2-1-3-7-12/h1-9H,10-11H2. The number of hydrogen-bond donors (Lipinski definition) is 0.